The summed E-state index contributed by atoms with van der Waals surface area (Å²) < 4.78 is 1.99. The number of carbonyl (C=O) groups excluding carboxylic acids is 2. The van der Waals surface area contributed by atoms with Gasteiger partial charge in [-0.05, 0) is 36.4 Å². The fraction of sp³-hybridized carbons (Fsp3) is 0.0909. The van der Waals surface area contributed by atoms with Gasteiger partial charge in [0.2, 0.25) is 0 Å². The Hall–Kier alpha value is -3.80. The molecule has 0 fully saturated rings. The molecule has 5 rings (SSSR count). The topological polar surface area (TPSA) is 68.1 Å². The van der Waals surface area contributed by atoms with Gasteiger partial charge in [0, 0.05) is 12.4 Å². The molecule has 0 aliphatic carbocycles. The van der Waals surface area contributed by atoms with Crippen LogP contribution in [0.4, 0.5) is 0 Å². The third kappa shape index (κ3) is 2.66. The molecule has 4 aromatic rings. The maximum absolute atomic E-state index is 12.8. The minimum absolute atomic E-state index is 0.0980. The van der Waals surface area contributed by atoms with Crippen molar-refractivity contribution < 1.29 is 9.59 Å². The molecule has 1 aliphatic rings. The van der Waals surface area contributed by atoms with E-state index < -0.39 is 0 Å². The van der Waals surface area contributed by atoms with E-state index in [0.29, 0.717) is 23.4 Å². The summed E-state index contributed by atoms with van der Waals surface area (Å²) in [6.45, 7) is 0.615. The maximum atomic E-state index is 12.8. The molecule has 0 N–H and O–H groups in total. The van der Waals surface area contributed by atoms with Crippen molar-refractivity contribution in [3.63, 3.8) is 0 Å². The van der Waals surface area contributed by atoms with Gasteiger partial charge in [0.15, 0.2) is 0 Å². The summed E-state index contributed by atoms with van der Waals surface area (Å²) in [5.74, 6) is -0.579. The minimum Gasteiger partial charge on any atom is -0.348 e. The van der Waals surface area contributed by atoms with Crippen LogP contribution in [-0.2, 0) is 13.1 Å². The van der Waals surface area contributed by atoms with Gasteiger partial charge in [-0.25, -0.2) is 9.97 Å². The van der Waals surface area contributed by atoms with E-state index in [9.17, 15) is 9.59 Å². The molecule has 3 heterocycles. The molecule has 2 amide bonds. The Labute approximate surface area is 161 Å². The SMILES string of the molecule is O=C1c2ccccc2C(=O)N1Cc1nc2ccccc2nc1Cn1cccc1. The number of benzene rings is 2. The molecule has 6 nitrogen and oxygen atoms in total. The monoisotopic (exact) mass is 368 g/mol. The summed E-state index contributed by atoms with van der Waals surface area (Å²) in [5.41, 5.74) is 3.77. The van der Waals surface area contributed by atoms with E-state index in [2.05, 4.69) is 0 Å². The predicted molar refractivity (Wildman–Crippen MR) is 104 cm³/mol. The lowest BCUT2D eigenvalue weighted by atomic mass is 10.1. The highest BCUT2D eigenvalue weighted by Crippen LogP contribution is 2.25. The summed E-state index contributed by atoms with van der Waals surface area (Å²) in [7, 11) is 0. The van der Waals surface area contributed by atoms with E-state index in [4.69, 9.17) is 9.97 Å². The number of hydrogen-bond acceptors (Lipinski definition) is 4. The van der Waals surface area contributed by atoms with Crippen LogP contribution in [0.1, 0.15) is 32.1 Å². The number of hydrogen-bond donors (Lipinski definition) is 0. The van der Waals surface area contributed by atoms with E-state index in [1.54, 1.807) is 24.3 Å². The molecule has 2 aromatic heterocycles. The molecule has 0 spiro atoms. The molecule has 6 heteroatoms. The number of fused-ring (bicyclic) bond motifs is 2. The van der Waals surface area contributed by atoms with Crippen LogP contribution in [0.15, 0.2) is 73.1 Å². The number of amides is 2. The molecule has 0 saturated heterocycles. The van der Waals surface area contributed by atoms with Crippen molar-refractivity contribution in [1.29, 1.82) is 0 Å². The normalized spacial score (nSPS) is 13.4. The second-order valence-corrected chi connectivity index (χ2v) is 6.70. The highest BCUT2D eigenvalue weighted by molar-refractivity contribution is 6.21. The summed E-state index contributed by atoms with van der Waals surface area (Å²) in [6, 6.07) is 18.4. The third-order valence-electron chi connectivity index (χ3n) is 4.91. The van der Waals surface area contributed by atoms with Crippen molar-refractivity contribution in [1.82, 2.24) is 19.4 Å². The number of aromatic nitrogens is 3. The first-order valence-corrected chi connectivity index (χ1v) is 9.01. The van der Waals surface area contributed by atoms with Crippen molar-refractivity contribution in [2.45, 2.75) is 13.1 Å². The van der Waals surface area contributed by atoms with Crippen LogP contribution in [0.25, 0.3) is 11.0 Å². The quantitative estimate of drug-likeness (QED) is 0.519. The van der Waals surface area contributed by atoms with Crippen LogP contribution in [0.3, 0.4) is 0 Å². The van der Waals surface area contributed by atoms with Gasteiger partial charge in [0.05, 0.1) is 46.6 Å². The predicted octanol–water partition coefficient (Wildman–Crippen LogP) is 3.28. The van der Waals surface area contributed by atoms with Crippen LogP contribution in [-0.4, -0.2) is 31.2 Å². The van der Waals surface area contributed by atoms with Crippen molar-refractivity contribution in [2.75, 3.05) is 0 Å². The number of imide groups is 1. The van der Waals surface area contributed by atoms with Gasteiger partial charge >= 0.3 is 0 Å². The van der Waals surface area contributed by atoms with Gasteiger partial charge in [-0.3, -0.25) is 14.5 Å². The maximum Gasteiger partial charge on any atom is 0.261 e. The van der Waals surface area contributed by atoms with Gasteiger partial charge in [0.1, 0.15) is 0 Å². The van der Waals surface area contributed by atoms with Gasteiger partial charge in [0.25, 0.3) is 11.8 Å². The lowest BCUT2D eigenvalue weighted by molar-refractivity contribution is 0.0640. The Balaban J connectivity index is 1.56. The average molecular weight is 368 g/mol. The highest BCUT2D eigenvalue weighted by Gasteiger charge is 2.35. The largest absolute Gasteiger partial charge is 0.348 e. The second-order valence-electron chi connectivity index (χ2n) is 6.70. The molecule has 0 saturated carbocycles. The van der Waals surface area contributed by atoms with Crippen molar-refractivity contribution in [3.05, 3.63) is 95.6 Å². The summed E-state index contributed by atoms with van der Waals surface area (Å²) >= 11 is 0. The molecule has 0 unspecified atom stereocenters. The van der Waals surface area contributed by atoms with Crippen molar-refractivity contribution >= 4 is 22.8 Å². The van der Waals surface area contributed by atoms with Crippen LogP contribution >= 0.6 is 0 Å². The first-order chi connectivity index (χ1) is 13.7. The van der Waals surface area contributed by atoms with Gasteiger partial charge in [-0.1, -0.05) is 24.3 Å². The standard InChI is InChI=1S/C22H16N4O2/c27-21-15-7-1-2-8-16(15)22(28)26(21)14-20-19(13-25-11-5-6-12-25)23-17-9-3-4-10-18(17)24-20/h1-12H,13-14H2. The molecule has 0 bridgehead atoms. The Morgan fingerprint density at radius 2 is 1.14 bits per heavy atom. The smallest absolute Gasteiger partial charge is 0.261 e. The molecule has 2 aromatic carbocycles. The van der Waals surface area contributed by atoms with Crippen LogP contribution in [0.2, 0.25) is 0 Å². The van der Waals surface area contributed by atoms with E-state index >= 15 is 0 Å². The molecule has 0 radical (unpaired) electrons. The molecule has 136 valence electrons. The number of nitrogens with zero attached hydrogens (tertiary/aromatic N) is 4. The summed E-state index contributed by atoms with van der Waals surface area (Å²) in [6.07, 6.45) is 3.89. The van der Waals surface area contributed by atoms with Crippen molar-refractivity contribution in [3.8, 4) is 0 Å². The lowest BCUT2D eigenvalue weighted by Crippen LogP contribution is -2.30. The lowest BCUT2D eigenvalue weighted by Gasteiger charge is -2.16. The second kappa shape index (κ2) is 6.42. The number of rotatable bonds is 4. The molecular weight excluding hydrogens is 352 g/mol. The van der Waals surface area contributed by atoms with Crippen LogP contribution in [0.5, 0.6) is 0 Å². The zero-order valence-corrected chi connectivity index (χ0v) is 14.9. The van der Waals surface area contributed by atoms with Gasteiger partial charge < -0.3 is 4.57 Å². The fourth-order valence-corrected chi connectivity index (χ4v) is 3.51. The first kappa shape index (κ1) is 16.4. The fourth-order valence-electron chi connectivity index (χ4n) is 3.51. The zero-order chi connectivity index (χ0) is 19.1. The van der Waals surface area contributed by atoms with Gasteiger partial charge in [-0.2, -0.15) is 0 Å². The molecule has 0 atom stereocenters. The molecular formula is C22H16N4O2. The van der Waals surface area contributed by atoms with E-state index in [0.717, 1.165) is 16.7 Å². The van der Waals surface area contributed by atoms with E-state index in [-0.39, 0.29) is 18.4 Å². The number of para-hydroxylation sites is 2. The average Bonchev–Trinajstić information content (AvgIpc) is 3.31. The Kier molecular flexibility index (Phi) is 3.76. The zero-order valence-electron chi connectivity index (χ0n) is 14.9. The van der Waals surface area contributed by atoms with Crippen LogP contribution < -0.4 is 0 Å². The van der Waals surface area contributed by atoms with Gasteiger partial charge in [-0.15, -0.1) is 0 Å². The summed E-state index contributed by atoms with van der Waals surface area (Å²) in [4.78, 5) is 36.3. The van der Waals surface area contributed by atoms with Crippen molar-refractivity contribution in [2.24, 2.45) is 0 Å². The third-order valence-corrected chi connectivity index (χ3v) is 4.91. The molecule has 1 aliphatic heterocycles. The summed E-state index contributed by atoms with van der Waals surface area (Å²) in [5, 5.41) is 0. The highest BCUT2D eigenvalue weighted by atomic mass is 16.2. The van der Waals surface area contributed by atoms with Crippen LogP contribution in [0, 0.1) is 0 Å². The van der Waals surface area contributed by atoms with E-state index in [1.165, 1.54) is 4.90 Å². The Morgan fingerprint density at radius 3 is 1.71 bits per heavy atom. The van der Waals surface area contributed by atoms with E-state index in [1.807, 2.05) is 53.4 Å². The Bertz CT molecular complexity index is 1180. The minimum atomic E-state index is -0.289. The molecule has 28 heavy (non-hydrogen) atoms. The first-order valence-electron chi connectivity index (χ1n) is 9.01. The number of carbonyl (C=O) groups is 2. The Morgan fingerprint density at radius 1 is 0.643 bits per heavy atom.